The molecule has 3 rings (SSSR count). The van der Waals surface area contributed by atoms with E-state index in [2.05, 4.69) is 0 Å². The second-order valence-electron chi connectivity index (χ2n) is 6.72. The van der Waals surface area contributed by atoms with Crippen LogP contribution in [0.3, 0.4) is 0 Å². The molecule has 0 unspecified atom stereocenters. The van der Waals surface area contributed by atoms with Crippen LogP contribution in [0.4, 0.5) is 0 Å². The fourth-order valence-electron chi connectivity index (χ4n) is 2.72. The van der Waals surface area contributed by atoms with Crippen LogP contribution in [0.15, 0.2) is 87.5 Å². The first-order valence-electron chi connectivity index (χ1n) is 9.71. The van der Waals surface area contributed by atoms with Gasteiger partial charge in [0, 0.05) is 0 Å². The molecule has 0 saturated heterocycles. The number of hydrogen-bond donors (Lipinski definition) is 2. The Balaban J connectivity index is 1.38. The largest absolute Gasteiger partial charge is 0.508 e. The van der Waals surface area contributed by atoms with Crippen molar-refractivity contribution in [2.24, 2.45) is 0 Å². The molecule has 0 aromatic heterocycles. The first kappa shape index (κ1) is 24.5. The third-order valence-electron chi connectivity index (χ3n) is 4.40. The number of hydrogen-bond acceptors (Lipinski definition) is 8. The molecule has 33 heavy (non-hydrogen) atoms. The normalized spacial score (nSPS) is 11.8. The molecule has 0 spiro atoms. The van der Waals surface area contributed by atoms with Crippen LogP contribution in [0, 0.1) is 0 Å². The van der Waals surface area contributed by atoms with Crippen molar-refractivity contribution < 1.29 is 40.7 Å². The van der Waals surface area contributed by atoms with Crippen molar-refractivity contribution in [2.45, 2.75) is 14.7 Å². The molecular formula is C22H22O9S2. The number of aromatic hydroxyl groups is 1. The molecule has 0 fully saturated rings. The second-order valence-corrected chi connectivity index (χ2v) is 10.1. The Hall–Kier alpha value is -3.12. The molecule has 9 nitrogen and oxygen atoms in total. The van der Waals surface area contributed by atoms with Crippen molar-refractivity contribution >= 4 is 20.0 Å². The van der Waals surface area contributed by atoms with Gasteiger partial charge in [0.25, 0.3) is 10.1 Å². The summed E-state index contributed by atoms with van der Waals surface area (Å²) in [6.07, 6.45) is 0. The van der Waals surface area contributed by atoms with Crippen LogP contribution in [0.2, 0.25) is 0 Å². The zero-order valence-corrected chi connectivity index (χ0v) is 19.0. The van der Waals surface area contributed by atoms with Crippen molar-refractivity contribution in [3.05, 3.63) is 72.8 Å². The lowest BCUT2D eigenvalue weighted by Crippen LogP contribution is -2.12. The number of rotatable bonds is 11. The Kier molecular flexibility index (Phi) is 7.92. The van der Waals surface area contributed by atoms with Crippen LogP contribution in [-0.2, 0) is 24.7 Å². The minimum Gasteiger partial charge on any atom is -0.508 e. The zero-order valence-electron chi connectivity index (χ0n) is 17.3. The van der Waals surface area contributed by atoms with Crippen LogP contribution in [0.5, 0.6) is 17.2 Å². The summed E-state index contributed by atoms with van der Waals surface area (Å²) in [5.41, 5.74) is 0. The SMILES string of the molecule is O=S(=O)(O)c1ccc(OCCOCCOc2ccc(S(=O)(=O)c3ccc(O)cc3)cc2)cc1. The molecule has 2 N–H and O–H groups in total. The lowest BCUT2D eigenvalue weighted by molar-refractivity contribution is 0.0764. The highest BCUT2D eigenvalue weighted by Crippen LogP contribution is 2.24. The van der Waals surface area contributed by atoms with Gasteiger partial charge in [0.2, 0.25) is 9.84 Å². The van der Waals surface area contributed by atoms with E-state index in [1.807, 2.05) is 0 Å². The average molecular weight is 495 g/mol. The van der Waals surface area contributed by atoms with Crippen molar-refractivity contribution in [3.8, 4) is 17.2 Å². The average Bonchev–Trinajstić information content (AvgIpc) is 2.79. The molecule has 0 bridgehead atoms. The van der Waals surface area contributed by atoms with Crippen LogP contribution in [0.1, 0.15) is 0 Å². The van der Waals surface area contributed by atoms with Crippen molar-refractivity contribution in [1.29, 1.82) is 0 Å². The molecule has 0 aliphatic heterocycles. The van der Waals surface area contributed by atoms with Gasteiger partial charge in [0.1, 0.15) is 30.5 Å². The maximum absolute atomic E-state index is 12.6. The fraction of sp³-hybridized carbons (Fsp3) is 0.182. The van der Waals surface area contributed by atoms with E-state index >= 15 is 0 Å². The van der Waals surface area contributed by atoms with Gasteiger partial charge < -0.3 is 19.3 Å². The number of ether oxygens (including phenoxy) is 3. The van der Waals surface area contributed by atoms with Crippen LogP contribution in [-0.4, -0.2) is 52.9 Å². The third kappa shape index (κ3) is 6.93. The van der Waals surface area contributed by atoms with Crippen LogP contribution in [0.25, 0.3) is 0 Å². The zero-order chi connectivity index (χ0) is 23.9. The van der Waals surface area contributed by atoms with Crippen LogP contribution >= 0.6 is 0 Å². The highest BCUT2D eigenvalue weighted by Gasteiger charge is 2.17. The topological polar surface area (TPSA) is 136 Å². The van der Waals surface area contributed by atoms with Gasteiger partial charge in [0.05, 0.1) is 27.9 Å². The smallest absolute Gasteiger partial charge is 0.294 e. The minimum atomic E-state index is -4.23. The molecule has 0 radical (unpaired) electrons. The summed E-state index contributed by atoms with van der Waals surface area (Å²) in [4.78, 5) is -0.0215. The van der Waals surface area contributed by atoms with Gasteiger partial charge in [-0.05, 0) is 72.8 Å². The first-order valence-corrected chi connectivity index (χ1v) is 12.6. The summed E-state index contributed by atoms with van der Waals surface area (Å²) >= 11 is 0. The Bertz CT molecular complexity index is 1250. The first-order chi connectivity index (χ1) is 15.7. The lowest BCUT2D eigenvalue weighted by Gasteiger charge is -2.10. The van der Waals surface area contributed by atoms with Gasteiger partial charge >= 0.3 is 0 Å². The van der Waals surface area contributed by atoms with Crippen molar-refractivity contribution in [1.82, 2.24) is 0 Å². The number of sulfone groups is 1. The Morgan fingerprint density at radius 1 is 0.576 bits per heavy atom. The van der Waals surface area contributed by atoms with E-state index in [0.717, 1.165) is 0 Å². The summed E-state index contributed by atoms with van der Waals surface area (Å²) in [6, 6.07) is 16.6. The third-order valence-corrected chi connectivity index (χ3v) is 7.05. The summed E-state index contributed by atoms with van der Waals surface area (Å²) in [6.45, 7) is 1.02. The number of phenols is 1. The minimum absolute atomic E-state index is 0.0131. The Morgan fingerprint density at radius 3 is 1.39 bits per heavy atom. The molecule has 0 atom stereocenters. The summed E-state index contributed by atoms with van der Waals surface area (Å²) < 4.78 is 72.4. The second kappa shape index (κ2) is 10.7. The quantitative estimate of drug-likeness (QED) is 0.304. The predicted molar refractivity (Wildman–Crippen MR) is 118 cm³/mol. The standard InChI is InChI=1S/C22H22O9S2/c23-17-1-7-20(8-2-17)32(24,25)21-9-3-18(4-10-21)30-15-13-29-14-16-31-19-5-11-22(12-6-19)33(26,27)28/h1-12,23H,13-16H2,(H,26,27,28). The van der Waals surface area contributed by atoms with Gasteiger partial charge in [-0.25, -0.2) is 8.42 Å². The molecule has 3 aromatic rings. The molecule has 0 amide bonds. The highest BCUT2D eigenvalue weighted by molar-refractivity contribution is 7.91. The van der Waals surface area contributed by atoms with E-state index in [1.165, 1.54) is 60.7 Å². The van der Waals surface area contributed by atoms with E-state index in [1.54, 1.807) is 12.1 Å². The maximum atomic E-state index is 12.6. The Labute approximate surface area is 191 Å². The molecule has 0 heterocycles. The van der Waals surface area contributed by atoms with E-state index in [-0.39, 0.29) is 46.9 Å². The lowest BCUT2D eigenvalue weighted by atomic mass is 10.3. The van der Waals surface area contributed by atoms with Gasteiger partial charge in [-0.1, -0.05) is 0 Å². The molecule has 0 aliphatic rings. The summed E-state index contributed by atoms with van der Waals surface area (Å²) in [7, 11) is -7.92. The molecule has 176 valence electrons. The summed E-state index contributed by atoms with van der Waals surface area (Å²) in [5.74, 6) is 0.906. The summed E-state index contributed by atoms with van der Waals surface area (Å²) in [5, 5.41) is 9.31. The molecule has 0 aliphatic carbocycles. The number of benzene rings is 3. The monoisotopic (exact) mass is 494 g/mol. The predicted octanol–water partition coefficient (Wildman–Crippen LogP) is 2.95. The van der Waals surface area contributed by atoms with E-state index < -0.39 is 20.0 Å². The van der Waals surface area contributed by atoms with Crippen LogP contribution < -0.4 is 9.47 Å². The van der Waals surface area contributed by atoms with E-state index in [0.29, 0.717) is 11.5 Å². The van der Waals surface area contributed by atoms with Gasteiger partial charge in [-0.15, -0.1) is 0 Å². The molecule has 11 heteroatoms. The molecule has 3 aromatic carbocycles. The van der Waals surface area contributed by atoms with Gasteiger partial charge in [0.15, 0.2) is 0 Å². The number of phenolic OH excluding ortho intramolecular Hbond substituents is 1. The molecular weight excluding hydrogens is 472 g/mol. The van der Waals surface area contributed by atoms with E-state index in [4.69, 9.17) is 18.8 Å². The van der Waals surface area contributed by atoms with Crippen molar-refractivity contribution in [3.63, 3.8) is 0 Å². The van der Waals surface area contributed by atoms with Gasteiger partial charge in [-0.3, -0.25) is 4.55 Å². The highest BCUT2D eigenvalue weighted by atomic mass is 32.2. The fourth-order valence-corrected chi connectivity index (χ4v) is 4.46. The van der Waals surface area contributed by atoms with E-state index in [9.17, 15) is 21.9 Å². The van der Waals surface area contributed by atoms with Gasteiger partial charge in [-0.2, -0.15) is 8.42 Å². The maximum Gasteiger partial charge on any atom is 0.294 e. The van der Waals surface area contributed by atoms with Crippen molar-refractivity contribution in [2.75, 3.05) is 26.4 Å². The Morgan fingerprint density at radius 2 is 0.970 bits per heavy atom. The molecule has 0 saturated carbocycles.